The summed E-state index contributed by atoms with van der Waals surface area (Å²) in [5.41, 5.74) is 5.86. The Labute approximate surface area is 790 Å². The fourth-order valence-corrected chi connectivity index (χ4v) is 15.8. The van der Waals surface area contributed by atoms with Gasteiger partial charge in [-0.25, -0.2) is 4.39 Å². The second-order valence-corrected chi connectivity index (χ2v) is 32.1. The van der Waals surface area contributed by atoms with Gasteiger partial charge in [-0.15, -0.1) is 0 Å². The molecule has 14 amide bonds. The Bertz CT molecular complexity index is 4110. The Hall–Kier alpha value is -9.37. The van der Waals surface area contributed by atoms with Gasteiger partial charge in [0.05, 0.1) is 138 Å². The number of nitrogens with zero attached hydrogens (tertiary/aromatic N) is 15. The van der Waals surface area contributed by atoms with E-state index in [0.717, 1.165) is 86.3 Å². The maximum atomic E-state index is 13.3. The Kier molecular flexibility index (Phi) is 51.7. The number of thiocarbonyl (C=S) groups is 7. The smallest absolute Gasteiger partial charge is 0.273 e. The fourth-order valence-electron chi connectivity index (χ4n) is 13.2. The molecule has 7 aliphatic rings. The fraction of sp³-hybridized carbons (Fsp3) is 0.585. The van der Waals surface area contributed by atoms with E-state index in [0.29, 0.717) is 42.0 Å². The van der Waals surface area contributed by atoms with Gasteiger partial charge in [0.1, 0.15) is 29.6 Å². The summed E-state index contributed by atoms with van der Waals surface area (Å²) in [6.45, 7) is 11.0. The maximum Gasteiger partial charge on any atom is 0.273 e. The zero-order chi connectivity index (χ0) is 98.0. The van der Waals surface area contributed by atoms with Crippen molar-refractivity contribution in [2.45, 2.75) is 137 Å². The van der Waals surface area contributed by atoms with Crippen LogP contribution in [0.3, 0.4) is 0 Å². The molecule has 0 aromatic heterocycles. The molecule has 7 heterocycles. The highest BCUT2D eigenvalue weighted by molar-refractivity contribution is 7.81. The lowest BCUT2D eigenvalue weighted by Crippen LogP contribution is -2.65. The molecule has 0 bridgehead atoms. The summed E-state index contributed by atoms with van der Waals surface area (Å²) < 4.78 is 13.3. The Balaban J connectivity index is 0.000000392. The molecule has 48 heteroatoms. The van der Waals surface area contributed by atoms with E-state index in [1.165, 1.54) is 19.6 Å². The monoisotopic (exact) mass is 1950 g/mol. The van der Waals surface area contributed by atoms with Crippen LogP contribution in [-0.4, -0.2) is 408 Å². The Morgan fingerprint density at radius 2 is 0.600 bits per heavy atom. The number of alkyl halides is 1. The van der Waals surface area contributed by atoms with Crippen LogP contribution < -0.4 is 5.73 Å². The average Bonchev–Trinajstić information content (AvgIpc) is 0.757. The molecule has 0 unspecified atom stereocenters. The molecule has 2 aromatic carbocycles. The summed E-state index contributed by atoms with van der Waals surface area (Å²) in [5.74, 6) is -9.54. The first-order valence-electron chi connectivity index (χ1n) is 42.0. The molecule has 130 heavy (non-hydrogen) atoms. The highest BCUT2D eigenvalue weighted by Crippen LogP contribution is 2.32. The third-order valence-electron chi connectivity index (χ3n) is 20.1. The molecule has 0 radical (unpaired) electrons. The van der Waals surface area contributed by atoms with Gasteiger partial charge in [0.2, 0.25) is 59.1 Å². The lowest BCUT2D eigenvalue weighted by molar-refractivity contribution is -0.154. The summed E-state index contributed by atoms with van der Waals surface area (Å²) in [7, 11) is 0. The number of rotatable bonds is 37. The summed E-state index contributed by atoms with van der Waals surface area (Å²) in [6.07, 6.45) is 5.76. The van der Waals surface area contributed by atoms with E-state index in [2.05, 4.69) is 27.7 Å². The summed E-state index contributed by atoms with van der Waals surface area (Å²) in [4.78, 5) is 186. The van der Waals surface area contributed by atoms with Crippen LogP contribution in [0.4, 0.5) is 4.39 Å². The topological polar surface area (TPSA) is 536 Å². The highest BCUT2D eigenvalue weighted by atomic mass is 32.1. The number of aliphatic hydroxyl groups is 10. The normalized spacial score (nSPS) is 17.6. The molecular weight excluding hydrogens is 1840 g/mol. The number of carbonyl (C=O) groups is 14. The van der Waals surface area contributed by atoms with Crippen LogP contribution >= 0.6 is 85.5 Å². The van der Waals surface area contributed by atoms with Gasteiger partial charge in [-0.3, -0.25) is 136 Å². The van der Waals surface area contributed by atoms with Crippen molar-refractivity contribution >= 4 is 204 Å². The van der Waals surface area contributed by atoms with Crippen LogP contribution in [0.25, 0.3) is 0 Å². The third kappa shape index (κ3) is 30.3. The number of nitriles is 1. The number of carbonyl (C=O) groups excluding carboxylic acids is 14. The second kappa shape index (κ2) is 58.5. The van der Waals surface area contributed by atoms with E-state index in [1.807, 2.05) is 36.4 Å². The van der Waals surface area contributed by atoms with Crippen molar-refractivity contribution in [1.29, 1.82) is 5.26 Å². The third-order valence-corrected chi connectivity index (χ3v) is 23.2. The minimum Gasteiger partial charge on any atom is -0.395 e. The minimum absolute atomic E-state index is 0.00404. The molecule has 9 rings (SSSR count). The summed E-state index contributed by atoms with van der Waals surface area (Å²) >= 11 is 35.6. The zero-order valence-corrected chi connectivity index (χ0v) is 79.0. The van der Waals surface area contributed by atoms with Crippen LogP contribution in [0.2, 0.25) is 0 Å². The van der Waals surface area contributed by atoms with Gasteiger partial charge in [-0.05, 0) is 149 Å². The highest BCUT2D eigenvalue weighted by Gasteiger charge is 2.51. The van der Waals surface area contributed by atoms with Crippen molar-refractivity contribution in [3.05, 3.63) is 71.8 Å². The van der Waals surface area contributed by atoms with E-state index in [4.69, 9.17) is 148 Å². The SMILES string of the molecule is CCCCN1C(=O)C(C)(C)C(=O)N(CCCC)C1=S.CCCCN1C(=O)CC(=O)N(CCCC)C1=S.N#CCCC1C(=O)N(CCO)C(=S)N(CCO)C1=O.NC1C(=O)N(CCO)C(=S)N(CCO)C1=O.O=C1C(Cc2ccccc2)C(=O)N(CCO)C(=S)N1CCO.O=C1C(F)C(=O)N(CCO)C(=S)N1CCO.O=C1C(c2ccccc2)C(=O)N(CCO)C(=S)N1CCO. The van der Waals surface area contributed by atoms with Gasteiger partial charge in [-0.2, -0.15) is 5.26 Å². The van der Waals surface area contributed by atoms with Crippen LogP contribution in [0, 0.1) is 28.6 Å². The molecule has 0 aliphatic carbocycles. The number of β-amino-alcohol motifs (C(OH)–C–C–N with tert-alkyl or cyclic N) is 10. The standard InChI is InChI=1S/C15H18N2O4S.C14H16N2O4S.C14H24N2O2S.C12H20N2O2S.C11H15N3O4S.C8H11FN2O4S.C8H13N3O4S/c18-8-6-16-13(20)12(10-11-4-2-1-3-5-11)14(21)17(7-9-19)15(16)22;17-8-6-15-12(19)11(10-4-2-1-3-5-10)13(20)16(7-9-18)14(15)21;1-5-7-9-15-11(17)14(3,4)12(18)16(13(15)19)10-8-6-2;1-3-5-7-13-10(15)9-11(16)14(12(13)17)8-6-4-2;12-3-1-2-8-9(17)13(4-6-15)11(19)14(5-7-16)10(8)18;2*9-5-6(14)10(1-3-12)8(16)11(2-4-13)7(5)15/h1-5,12,18-19H,6-10H2;1-5,11,17-18H,6-9H2;5-10H2,1-4H3;3-9H2,1-2H3;8,15-16H,1-2,4-7H2;5,12-13H,1-4H2;5,12-13H,1-4,9H2. The molecule has 12 N–H and O–H groups in total. The Morgan fingerprint density at radius 3 is 0.885 bits per heavy atom. The first kappa shape index (κ1) is 115. The molecule has 7 fully saturated rings. The first-order chi connectivity index (χ1) is 61.9. The van der Waals surface area contributed by atoms with E-state index >= 15 is 0 Å². The van der Waals surface area contributed by atoms with Gasteiger partial charge >= 0.3 is 0 Å². The predicted molar refractivity (Wildman–Crippen MR) is 495 cm³/mol. The number of halogens is 1. The Morgan fingerprint density at radius 1 is 0.354 bits per heavy atom. The number of aliphatic hydroxyl groups excluding tert-OH is 10. The number of amides is 14. The number of nitrogens with two attached hydrogens (primary N) is 1. The van der Waals surface area contributed by atoms with Gasteiger partial charge in [0, 0.05) is 32.6 Å². The van der Waals surface area contributed by atoms with Gasteiger partial charge < -0.3 is 56.8 Å². The number of hydrogen-bond acceptors (Lipinski definition) is 33. The number of benzene rings is 2. The molecule has 0 saturated carbocycles. The quantitative estimate of drug-likeness (QED) is 0.0267. The molecule has 2 aromatic rings. The van der Waals surface area contributed by atoms with Crippen molar-refractivity contribution in [2.24, 2.45) is 23.0 Å². The van der Waals surface area contributed by atoms with Crippen molar-refractivity contribution in [3.63, 3.8) is 0 Å². The number of unbranched alkanes of at least 4 members (excludes halogenated alkanes) is 4. The van der Waals surface area contributed by atoms with Crippen molar-refractivity contribution < 1.29 is 123 Å². The maximum absolute atomic E-state index is 13.3. The summed E-state index contributed by atoms with van der Waals surface area (Å²) in [5, 5.41) is 98.4. The molecule has 0 atom stereocenters. The number of hydrogen-bond donors (Lipinski definition) is 11. The van der Waals surface area contributed by atoms with Gasteiger partial charge in [-0.1, -0.05) is 114 Å². The second-order valence-electron chi connectivity index (χ2n) is 29.5. The van der Waals surface area contributed by atoms with Gasteiger partial charge in [0.25, 0.3) is 29.8 Å². The van der Waals surface area contributed by atoms with Crippen molar-refractivity contribution in [2.75, 3.05) is 158 Å². The average molecular weight is 1950 g/mol. The van der Waals surface area contributed by atoms with Crippen LogP contribution in [0.5, 0.6) is 0 Å². The van der Waals surface area contributed by atoms with E-state index < -0.39 is 94.5 Å². The zero-order valence-electron chi connectivity index (χ0n) is 73.3. The van der Waals surface area contributed by atoms with Gasteiger partial charge in [0.15, 0.2) is 41.8 Å². The summed E-state index contributed by atoms with van der Waals surface area (Å²) in [6, 6.07) is 18.5. The molecular formula is C82H117FN16O24S7. The molecule has 0 spiro atoms. The van der Waals surface area contributed by atoms with Crippen LogP contribution in [0.1, 0.15) is 129 Å². The van der Waals surface area contributed by atoms with Crippen LogP contribution in [0.15, 0.2) is 60.7 Å². The molecule has 718 valence electrons. The van der Waals surface area contributed by atoms with E-state index in [1.54, 1.807) is 63.8 Å². The van der Waals surface area contributed by atoms with Crippen LogP contribution in [-0.2, 0) is 73.5 Å². The lowest BCUT2D eigenvalue weighted by Gasteiger charge is -2.43. The minimum atomic E-state index is -2.32. The lowest BCUT2D eigenvalue weighted by atomic mass is 9.87. The molecule has 7 saturated heterocycles. The largest absolute Gasteiger partial charge is 0.395 e. The van der Waals surface area contributed by atoms with E-state index in [9.17, 15) is 71.5 Å². The van der Waals surface area contributed by atoms with Crippen molar-refractivity contribution in [3.8, 4) is 6.07 Å². The van der Waals surface area contributed by atoms with Crippen molar-refractivity contribution in [1.82, 2.24) is 68.6 Å². The molecule has 40 nitrogen and oxygen atoms in total. The molecule has 7 aliphatic heterocycles. The first-order valence-corrected chi connectivity index (χ1v) is 44.8. The predicted octanol–water partition coefficient (Wildman–Crippen LogP) is -1.64. The van der Waals surface area contributed by atoms with E-state index in [-0.39, 0.29) is 206 Å².